The Morgan fingerprint density at radius 1 is 0.971 bits per heavy atom. The number of esters is 1. The van der Waals surface area contributed by atoms with E-state index in [1.54, 1.807) is 13.0 Å². The molecule has 0 atom stereocenters. The fourth-order valence-electron chi connectivity index (χ4n) is 4.22. The lowest BCUT2D eigenvalue weighted by atomic mass is 10.1. The van der Waals surface area contributed by atoms with Crippen LogP contribution in [0.15, 0.2) is 36.4 Å². The van der Waals surface area contributed by atoms with Crippen LogP contribution in [0.2, 0.25) is 0 Å². The van der Waals surface area contributed by atoms with Crippen molar-refractivity contribution in [1.29, 1.82) is 0 Å². The average Bonchev–Trinajstić information content (AvgIpc) is 3.40. The highest BCUT2D eigenvalue weighted by Crippen LogP contribution is 2.31. The highest BCUT2D eigenvalue weighted by molar-refractivity contribution is 6.35. The van der Waals surface area contributed by atoms with Gasteiger partial charge in [0.25, 0.3) is 17.7 Å². The summed E-state index contributed by atoms with van der Waals surface area (Å²) in [5.41, 5.74) is 2.44. The minimum atomic E-state index is -0.848. The third kappa shape index (κ3) is 4.68. The van der Waals surface area contributed by atoms with Crippen LogP contribution in [0.1, 0.15) is 67.9 Å². The monoisotopic (exact) mass is 463 g/mol. The normalized spacial score (nSPS) is 15.3. The standard InChI is InChI=1S/C25H25N3O6/c1-14-7-8-15(2)20(11-14)28-22(30)18-10-9-16(12-19(18)23(28)31)24(32)34-13-21(29)27-25(33)26-17-5-3-4-6-17/h7-12,17H,3-6,13H2,1-2H3,(H2,26,27,29,33). The van der Waals surface area contributed by atoms with Crippen molar-refractivity contribution in [3.8, 4) is 0 Å². The third-order valence-electron chi connectivity index (χ3n) is 6.01. The van der Waals surface area contributed by atoms with Gasteiger partial charge in [0.1, 0.15) is 0 Å². The van der Waals surface area contributed by atoms with Gasteiger partial charge in [-0.15, -0.1) is 0 Å². The van der Waals surface area contributed by atoms with Crippen molar-refractivity contribution in [2.24, 2.45) is 0 Å². The Morgan fingerprint density at radius 2 is 1.68 bits per heavy atom. The summed E-state index contributed by atoms with van der Waals surface area (Å²) in [6.07, 6.45) is 3.82. The predicted molar refractivity (Wildman–Crippen MR) is 123 cm³/mol. The van der Waals surface area contributed by atoms with Gasteiger partial charge in [0, 0.05) is 6.04 Å². The van der Waals surface area contributed by atoms with Crippen LogP contribution in [-0.2, 0) is 9.53 Å². The van der Waals surface area contributed by atoms with E-state index in [4.69, 9.17) is 4.74 Å². The number of rotatable bonds is 5. The van der Waals surface area contributed by atoms with Crippen molar-refractivity contribution in [2.75, 3.05) is 11.5 Å². The summed E-state index contributed by atoms with van der Waals surface area (Å²) < 4.78 is 4.99. The number of carbonyl (C=O) groups is 5. The van der Waals surface area contributed by atoms with Gasteiger partial charge in [0.15, 0.2) is 6.61 Å². The topological polar surface area (TPSA) is 122 Å². The summed E-state index contributed by atoms with van der Waals surface area (Å²) in [6.45, 7) is 3.01. The molecule has 4 rings (SSSR count). The molecular weight excluding hydrogens is 438 g/mol. The number of anilines is 1. The number of nitrogens with zero attached hydrogens (tertiary/aromatic N) is 1. The first-order valence-corrected chi connectivity index (χ1v) is 11.1. The maximum atomic E-state index is 13.0. The molecule has 0 saturated heterocycles. The van der Waals surface area contributed by atoms with Gasteiger partial charge in [-0.3, -0.25) is 19.7 Å². The molecule has 9 heteroatoms. The molecule has 0 radical (unpaired) electrons. The van der Waals surface area contributed by atoms with E-state index in [0.717, 1.165) is 41.7 Å². The maximum Gasteiger partial charge on any atom is 0.338 e. The van der Waals surface area contributed by atoms with Crippen LogP contribution in [0.25, 0.3) is 0 Å². The number of imide groups is 2. The molecule has 1 heterocycles. The Morgan fingerprint density at radius 3 is 2.41 bits per heavy atom. The number of benzene rings is 2. The molecule has 1 aliphatic carbocycles. The molecule has 1 fully saturated rings. The molecule has 5 amide bonds. The van der Waals surface area contributed by atoms with E-state index in [2.05, 4.69) is 10.6 Å². The average molecular weight is 463 g/mol. The van der Waals surface area contributed by atoms with Crippen LogP contribution >= 0.6 is 0 Å². The van der Waals surface area contributed by atoms with Crippen LogP contribution in [0.3, 0.4) is 0 Å². The van der Waals surface area contributed by atoms with E-state index in [9.17, 15) is 24.0 Å². The van der Waals surface area contributed by atoms with E-state index < -0.39 is 36.3 Å². The number of amides is 5. The number of hydrogen-bond acceptors (Lipinski definition) is 6. The summed E-state index contributed by atoms with van der Waals surface area (Å²) in [5, 5.41) is 4.84. The SMILES string of the molecule is Cc1ccc(C)c(N2C(=O)c3ccc(C(=O)OCC(=O)NC(=O)NC4CCCC4)cc3C2=O)c1. The first-order chi connectivity index (χ1) is 16.2. The van der Waals surface area contributed by atoms with Crippen LogP contribution in [0.4, 0.5) is 10.5 Å². The zero-order valence-corrected chi connectivity index (χ0v) is 19.0. The summed E-state index contributed by atoms with van der Waals surface area (Å²) in [7, 11) is 0. The number of fused-ring (bicyclic) bond motifs is 1. The first-order valence-electron chi connectivity index (χ1n) is 11.1. The lowest BCUT2D eigenvalue weighted by Crippen LogP contribution is -2.45. The van der Waals surface area contributed by atoms with Crippen molar-refractivity contribution < 1.29 is 28.7 Å². The second-order valence-corrected chi connectivity index (χ2v) is 8.58. The minimum absolute atomic E-state index is 0.0194. The lowest BCUT2D eigenvalue weighted by Gasteiger charge is -2.17. The Balaban J connectivity index is 1.40. The van der Waals surface area contributed by atoms with Crippen molar-refractivity contribution in [3.05, 3.63) is 64.2 Å². The molecule has 2 aromatic carbocycles. The fraction of sp³-hybridized carbons (Fsp3) is 0.320. The maximum absolute atomic E-state index is 13.0. The highest BCUT2D eigenvalue weighted by Gasteiger charge is 2.38. The Hall–Kier alpha value is -4.01. The van der Waals surface area contributed by atoms with E-state index in [1.807, 2.05) is 19.1 Å². The molecule has 2 aromatic rings. The fourth-order valence-corrected chi connectivity index (χ4v) is 4.22. The Bertz CT molecular complexity index is 1200. The van der Waals surface area contributed by atoms with Gasteiger partial charge in [0.05, 0.1) is 22.4 Å². The van der Waals surface area contributed by atoms with Gasteiger partial charge >= 0.3 is 12.0 Å². The number of carbonyl (C=O) groups excluding carboxylic acids is 5. The van der Waals surface area contributed by atoms with Crippen molar-refractivity contribution >= 4 is 35.4 Å². The Labute approximate surface area is 196 Å². The van der Waals surface area contributed by atoms with E-state index >= 15 is 0 Å². The molecule has 2 aliphatic rings. The number of urea groups is 1. The molecule has 0 bridgehead atoms. The van der Waals surface area contributed by atoms with Crippen LogP contribution < -0.4 is 15.5 Å². The van der Waals surface area contributed by atoms with Gasteiger partial charge in [-0.05, 0) is 62.1 Å². The molecule has 0 unspecified atom stereocenters. The van der Waals surface area contributed by atoms with Crippen molar-refractivity contribution in [3.63, 3.8) is 0 Å². The molecule has 0 aromatic heterocycles. The molecule has 2 N–H and O–H groups in total. The second kappa shape index (κ2) is 9.46. The van der Waals surface area contributed by atoms with E-state index in [-0.39, 0.29) is 22.7 Å². The van der Waals surface area contributed by atoms with Gasteiger partial charge in [-0.2, -0.15) is 0 Å². The molecule has 176 valence electrons. The minimum Gasteiger partial charge on any atom is -0.452 e. The Kier molecular flexibility index (Phi) is 6.45. The first kappa shape index (κ1) is 23.2. The largest absolute Gasteiger partial charge is 0.452 e. The zero-order chi connectivity index (χ0) is 24.4. The highest BCUT2D eigenvalue weighted by atomic mass is 16.5. The van der Waals surface area contributed by atoms with Gasteiger partial charge in [-0.1, -0.05) is 25.0 Å². The number of ether oxygens (including phenoxy) is 1. The summed E-state index contributed by atoms with van der Waals surface area (Å²) in [5.74, 6) is -2.62. The quantitative estimate of drug-likeness (QED) is 0.519. The molecule has 0 spiro atoms. The second-order valence-electron chi connectivity index (χ2n) is 8.58. The van der Waals surface area contributed by atoms with Gasteiger partial charge < -0.3 is 10.1 Å². The lowest BCUT2D eigenvalue weighted by molar-refractivity contribution is -0.123. The van der Waals surface area contributed by atoms with Crippen molar-refractivity contribution in [1.82, 2.24) is 10.6 Å². The van der Waals surface area contributed by atoms with Crippen molar-refractivity contribution in [2.45, 2.75) is 45.6 Å². The summed E-state index contributed by atoms with van der Waals surface area (Å²) in [4.78, 5) is 63.3. The molecule has 34 heavy (non-hydrogen) atoms. The third-order valence-corrected chi connectivity index (χ3v) is 6.01. The smallest absolute Gasteiger partial charge is 0.338 e. The molecule has 9 nitrogen and oxygen atoms in total. The summed E-state index contributed by atoms with van der Waals surface area (Å²) >= 11 is 0. The zero-order valence-electron chi connectivity index (χ0n) is 19.0. The molecule has 1 saturated carbocycles. The van der Waals surface area contributed by atoms with Crippen LogP contribution in [0, 0.1) is 13.8 Å². The van der Waals surface area contributed by atoms with Crippen LogP contribution in [-0.4, -0.2) is 42.4 Å². The van der Waals surface area contributed by atoms with Crippen LogP contribution in [0.5, 0.6) is 0 Å². The van der Waals surface area contributed by atoms with Gasteiger partial charge in [-0.25, -0.2) is 14.5 Å². The molecule has 1 aliphatic heterocycles. The molecular formula is C25H25N3O6. The van der Waals surface area contributed by atoms with E-state index in [1.165, 1.54) is 18.2 Å². The van der Waals surface area contributed by atoms with Gasteiger partial charge in [0.2, 0.25) is 0 Å². The summed E-state index contributed by atoms with van der Waals surface area (Å²) in [6, 6.07) is 8.94. The van der Waals surface area contributed by atoms with E-state index in [0.29, 0.717) is 5.69 Å². The predicted octanol–water partition coefficient (Wildman–Crippen LogP) is 3.03. The number of aryl methyl sites for hydroxylation is 2. The number of hydrogen-bond donors (Lipinski definition) is 2. The number of nitrogens with one attached hydrogen (secondary N) is 2.